The third-order valence-electron chi connectivity index (χ3n) is 3.11. The molecule has 0 bridgehead atoms. The molecule has 122 valence electrons. The SMILES string of the molecule is COCCNC(=O)c1cc(C)nc(Nc2ccc(C)c(Cl)c2)n1. The van der Waals surface area contributed by atoms with Gasteiger partial charge in [0.1, 0.15) is 5.69 Å². The van der Waals surface area contributed by atoms with Crippen molar-refractivity contribution in [3.63, 3.8) is 0 Å². The number of carbonyl (C=O) groups is 1. The molecule has 2 rings (SSSR count). The van der Waals surface area contributed by atoms with Crippen LogP contribution in [0.4, 0.5) is 11.6 Å². The number of hydrogen-bond acceptors (Lipinski definition) is 5. The molecular formula is C16H19ClN4O2. The van der Waals surface area contributed by atoms with E-state index in [0.29, 0.717) is 35.5 Å². The van der Waals surface area contributed by atoms with Gasteiger partial charge in [-0.25, -0.2) is 9.97 Å². The molecule has 0 unspecified atom stereocenters. The molecule has 6 nitrogen and oxygen atoms in total. The first kappa shape index (κ1) is 17.2. The van der Waals surface area contributed by atoms with E-state index in [1.165, 1.54) is 0 Å². The fourth-order valence-corrected chi connectivity index (χ4v) is 2.08. The van der Waals surface area contributed by atoms with Gasteiger partial charge in [-0.05, 0) is 37.6 Å². The van der Waals surface area contributed by atoms with E-state index in [4.69, 9.17) is 16.3 Å². The summed E-state index contributed by atoms with van der Waals surface area (Å²) < 4.78 is 4.90. The largest absolute Gasteiger partial charge is 0.383 e. The maximum absolute atomic E-state index is 12.1. The highest BCUT2D eigenvalue weighted by atomic mass is 35.5. The fourth-order valence-electron chi connectivity index (χ4n) is 1.90. The standard InChI is InChI=1S/C16H19ClN4O2/c1-10-4-5-12(9-13(10)17)20-16-19-11(2)8-14(21-16)15(22)18-6-7-23-3/h4-5,8-9H,6-7H2,1-3H3,(H,18,22)(H,19,20,21). The molecule has 0 saturated heterocycles. The molecule has 23 heavy (non-hydrogen) atoms. The van der Waals surface area contributed by atoms with Crippen LogP contribution in [-0.2, 0) is 4.74 Å². The monoisotopic (exact) mass is 334 g/mol. The van der Waals surface area contributed by atoms with Crippen LogP contribution in [0.2, 0.25) is 5.02 Å². The van der Waals surface area contributed by atoms with Crippen LogP contribution in [0.15, 0.2) is 24.3 Å². The van der Waals surface area contributed by atoms with Crippen molar-refractivity contribution in [2.75, 3.05) is 25.6 Å². The molecule has 1 heterocycles. The lowest BCUT2D eigenvalue weighted by molar-refractivity contribution is 0.0932. The number of nitrogens with zero attached hydrogens (tertiary/aromatic N) is 2. The van der Waals surface area contributed by atoms with Gasteiger partial charge in [0.25, 0.3) is 5.91 Å². The van der Waals surface area contributed by atoms with E-state index in [1.54, 1.807) is 26.2 Å². The molecule has 0 aliphatic carbocycles. The molecule has 0 fully saturated rings. The second kappa shape index (κ2) is 7.89. The summed E-state index contributed by atoms with van der Waals surface area (Å²) in [5.74, 6) is 0.0827. The van der Waals surface area contributed by atoms with Crippen molar-refractivity contribution in [1.82, 2.24) is 15.3 Å². The van der Waals surface area contributed by atoms with Crippen molar-refractivity contribution in [2.45, 2.75) is 13.8 Å². The average Bonchev–Trinajstić information content (AvgIpc) is 2.50. The first-order valence-corrected chi connectivity index (χ1v) is 7.53. The number of halogens is 1. The van der Waals surface area contributed by atoms with Crippen LogP contribution in [0, 0.1) is 13.8 Å². The lowest BCUT2D eigenvalue weighted by Gasteiger charge is -2.09. The van der Waals surface area contributed by atoms with Crippen LogP contribution in [-0.4, -0.2) is 36.1 Å². The van der Waals surface area contributed by atoms with Gasteiger partial charge in [-0.2, -0.15) is 0 Å². The highest BCUT2D eigenvalue weighted by molar-refractivity contribution is 6.31. The third-order valence-corrected chi connectivity index (χ3v) is 3.51. The smallest absolute Gasteiger partial charge is 0.270 e. The zero-order valence-corrected chi connectivity index (χ0v) is 14.1. The highest BCUT2D eigenvalue weighted by Crippen LogP contribution is 2.22. The zero-order valence-electron chi connectivity index (χ0n) is 13.3. The van der Waals surface area contributed by atoms with E-state index in [2.05, 4.69) is 20.6 Å². The van der Waals surface area contributed by atoms with Crippen molar-refractivity contribution in [2.24, 2.45) is 0 Å². The minimum atomic E-state index is -0.266. The number of aromatic nitrogens is 2. The normalized spacial score (nSPS) is 10.4. The molecule has 0 radical (unpaired) electrons. The summed E-state index contributed by atoms with van der Waals surface area (Å²) in [4.78, 5) is 20.6. The zero-order chi connectivity index (χ0) is 16.8. The predicted octanol–water partition coefficient (Wildman–Crippen LogP) is 2.87. The van der Waals surface area contributed by atoms with Gasteiger partial charge in [0.05, 0.1) is 6.61 Å². The molecule has 1 aromatic heterocycles. The van der Waals surface area contributed by atoms with Crippen molar-refractivity contribution < 1.29 is 9.53 Å². The van der Waals surface area contributed by atoms with E-state index in [9.17, 15) is 4.79 Å². The molecule has 0 aliphatic heterocycles. The van der Waals surface area contributed by atoms with Crippen LogP contribution < -0.4 is 10.6 Å². The lowest BCUT2D eigenvalue weighted by atomic mass is 10.2. The van der Waals surface area contributed by atoms with Crippen LogP contribution >= 0.6 is 11.6 Å². The third kappa shape index (κ3) is 4.91. The Morgan fingerprint density at radius 2 is 2.04 bits per heavy atom. The van der Waals surface area contributed by atoms with Gasteiger partial charge in [-0.3, -0.25) is 4.79 Å². The number of amides is 1. The van der Waals surface area contributed by atoms with E-state index in [0.717, 1.165) is 11.3 Å². The van der Waals surface area contributed by atoms with Gasteiger partial charge >= 0.3 is 0 Å². The second-order valence-electron chi connectivity index (χ2n) is 5.06. The summed E-state index contributed by atoms with van der Waals surface area (Å²) >= 11 is 6.11. The molecule has 7 heteroatoms. The molecule has 2 N–H and O–H groups in total. The van der Waals surface area contributed by atoms with Gasteiger partial charge in [0, 0.05) is 30.1 Å². The summed E-state index contributed by atoms with van der Waals surface area (Å²) in [6, 6.07) is 7.21. The number of rotatable bonds is 6. The predicted molar refractivity (Wildman–Crippen MR) is 90.4 cm³/mol. The molecule has 0 atom stereocenters. The first-order chi connectivity index (χ1) is 11.0. The molecular weight excluding hydrogens is 316 g/mol. The molecule has 1 aromatic carbocycles. The van der Waals surface area contributed by atoms with Crippen LogP contribution in [0.25, 0.3) is 0 Å². The number of methoxy groups -OCH3 is 1. The number of aryl methyl sites for hydroxylation is 2. The Kier molecular flexibility index (Phi) is 5.90. The summed E-state index contributed by atoms with van der Waals surface area (Å²) in [6.45, 7) is 4.61. The topological polar surface area (TPSA) is 76.1 Å². The molecule has 0 spiro atoms. The Labute approximate surface area is 140 Å². The fraction of sp³-hybridized carbons (Fsp3) is 0.312. The van der Waals surface area contributed by atoms with Crippen LogP contribution in [0.1, 0.15) is 21.7 Å². The van der Waals surface area contributed by atoms with Gasteiger partial charge in [-0.15, -0.1) is 0 Å². The van der Waals surface area contributed by atoms with E-state index < -0.39 is 0 Å². The van der Waals surface area contributed by atoms with Crippen molar-refractivity contribution in [1.29, 1.82) is 0 Å². The minimum absolute atomic E-state index is 0.266. The lowest BCUT2D eigenvalue weighted by Crippen LogP contribution is -2.28. The number of carbonyl (C=O) groups excluding carboxylic acids is 1. The Morgan fingerprint density at radius 1 is 1.26 bits per heavy atom. The Balaban J connectivity index is 2.16. The summed E-state index contributed by atoms with van der Waals surface area (Å²) in [6.07, 6.45) is 0. The average molecular weight is 335 g/mol. The van der Waals surface area contributed by atoms with Crippen LogP contribution in [0.3, 0.4) is 0 Å². The number of nitrogens with one attached hydrogen (secondary N) is 2. The highest BCUT2D eigenvalue weighted by Gasteiger charge is 2.10. The van der Waals surface area contributed by atoms with Gasteiger partial charge in [-0.1, -0.05) is 17.7 Å². The molecule has 0 saturated carbocycles. The number of anilines is 2. The number of hydrogen-bond donors (Lipinski definition) is 2. The summed E-state index contributed by atoms with van der Waals surface area (Å²) in [5.41, 5.74) is 2.74. The van der Waals surface area contributed by atoms with Crippen LogP contribution in [0.5, 0.6) is 0 Å². The van der Waals surface area contributed by atoms with Crippen molar-refractivity contribution in [3.05, 3.63) is 46.2 Å². The van der Waals surface area contributed by atoms with Gasteiger partial charge < -0.3 is 15.4 Å². The first-order valence-electron chi connectivity index (χ1n) is 7.15. The molecule has 0 aliphatic rings. The molecule has 1 amide bonds. The Hall–Kier alpha value is -2.18. The number of benzene rings is 1. The summed E-state index contributed by atoms with van der Waals surface area (Å²) in [7, 11) is 1.58. The van der Waals surface area contributed by atoms with E-state index >= 15 is 0 Å². The minimum Gasteiger partial charge on any atom is -0.383 e. The number of ether oxygens (including phenoxy) is 1. The molecule has 2 aromatic rings. The van der Waals surface area contributed by atoms with E-state index in [1.807, 2.05) is 19.1 Å². The van der Waals surface area contributed by atoms with Gasteiger partial charge in [0.2, 0.25) is 5.95 Å². The summed E-state index contributed by atoms with van der Waals surface area (Å²) in [5, 5.41) is 6.45. The van der Waals surface area contributed by atoms with Crippen molar-refractivity contribution in [3.8, 4) is 0 Å². The van der Waals surface area contributed by atoms with Crippen molar-refractivity contribution >= 4 is 29.1 Å². The Morgan fingerprint density at radius 3 is 2.74 bits per heavy atom. The maximum Gasteiger partial charge on any atom is 0.270 e. The quantitative estimate of drug-likeness (QED) is 0.794. The maximum atomic E-state index is 12.1. The second-order valence-corrected chi connectivity index (χ2v) is 5.46. The van der Waals surface area contributed by atoms with E-state index in [-0.39, 0.29) is 5.91 Å². The van der Waals surface area contributed by atoms with Gasteiger partial charge in [0.15, 0.2) is 0 Å². The Bertz CT molecular complexity index is 706.